The van der Waals surface area contributed by atoms with Crippen molar-refractivity contribution in [1.82, 2.24) is 24.8 Å². The molecule has 0 radical (unpaired) electrons. The molecule has 5 rings (SSSR count). The van der Waals surface area contributed by atoms with E-state index in [4.69, 9.17) is 0 Å². The van der Waals surface area contributed by atoms with Gasteiger partial charge in [0.2, 0.25) is 0 Å². The topological polar surface area (TPSA) is 84.1 Å². The van der Waals surface area contributed by atoms with E-state index in [1.165, 1.54) is 6.42 Å². The number of piperidine rings is 2. The predicted octanol–water partition coefficient (Wildman–Crippen LogP) is 0.314. The predicted molar refractivity (Wildman–Crippen MR) is 98.2 cm³/mol. The summed E-state index contributed by atoms with van der Waals surface area (Å²) in [5.41, 5.74) is 1.87. The van der Waals surface area contributed by atoms with E-state index in [-0.39, 0.29) is 17.7 Å². The maximum Gasteiger partial charge on any atom is 0.261 e. The molecule has 3 aliphatic rings. The maximum absolute atomic E-state index is 13.3. The Bertz CT molecular complexity index is 873. The molecular formula is C19H25N5O2. The smallest absolute Gasteiger partial charge is 0.261 e. The van der Waals surface area contributed by atoms with Crippen molar-refractivity contribution >= 4 is 0 Å². The molecule has 7 heteroatoms. The SMILES string of the molecule is O=c1c(-c2nccn2[C@@H]2CNC[C@H](O)C2)ccc2n1C[C@@H]1CNC[C@H]2C1. The summed E-state index contributed by atoms with van der Waals surface area (Å²) in [7, 11) is 0. The van der Waals surface area contributed by atoms with Gasteiger partial charge in [0.25, 0.3) is 5.56 Å². The van der Waals surface area contributed by atoms with Crippen molar-refractivity contribution in [3.05, 3.63) is 40.6 Å². The van der Waals surface area contributed by atoms with E-state index >= 15 is 0 Å². The highest BCUT2D eigenvalue weighted by Gasteiger charge is 2.32. The second-order valence-electron chi connectivity index (χ2n) is 7.90. The maximum atomic E-state index is 13.3. The molecule has 0 spiro atoms. The monoisotopic (exact) mass is 355 g/mol. The number of rotatable bonds is 2. The zero-order valence-electron chi connectivity index (χ0n) is 14.8. The Kier molecular flexibility index (Phi) is 3.95. The second-order valence-corrected chi connectivity index (χ2v) is 7.90. The summed E-state index contributed by atoms with van der Waals surface area (Å²) in [5.74, 6) is 1.67. The lowest BCUT2D eigenvalue weighted by Crippen LogP contribution is -2.45. The van der Waals surface area contributed by atoms with Crippen molar-refractivity contribution < 1.29 is 5.11 Å². The van der Waals surface area contributed by atoms with Crippen LogP contribution in [0.2, 0.25) is 0 Å². The Morgan fingerprint density at radius 1 is 1.12 bits per heavy atom. The largest absolute Gasteiger partial charge is 0.392 e. The number of pyridine rings is 1. The molecule has 0 amide bonds. The molecule has 2 saturated heterocycles. The number of nitrogens with zero attached hydrogens (tertiary/aromatic N) is 3. The van der Waals surface area contributed by atoms with Crippen LogP contribution in [0.1, 0.15) is 30.5 Å². The fourth-order valence-electron chi connectivity index (χ4n) is 4.89. The Hall–Kier alpha value is -1.96. The summed E-state index contributed by atoms with van der Waals surface area (Å²) in [6.07, 6.45) is 5.16. The number of fused-ring (bicyclic) bond motifs is 4. The number of hydrogen-bond donors (Lipinski definition) is 3. The van der Waals surface area contributed by atoms with E-state index in [9.17, 15) is 9.90 Å². The van der Waals surface area contributed by atoms with Crippen molar-refractivity contribution in [3.8, 4) is 11.4 Å². The van der Waals surface area contributed by atoms with Crippen LogP contribution in [0.15, 0.2) is 29.3 Å². The molecule has 2 bridgehead atoms. The van der Waals surface area contributed by atoms with Crippen LogP contribution in [0.5, 0.6) is 0 Å². The van der Waals surface area contributed by atoms with Gasteiger partial charge in [0.05, 0.1) is 17.7 Å². The molecule has 0 saturated carbocycles. The van der Waals surface area contributed by atoms with Gasteiger partial charge in [-0.25, -0.2) is 4.98 Å². The third kappa shape index (κ3) is 2.62. The highest BCUT2D eigenvalue weighted by atomic mass is 16.3. The van der Waals surface area contributed by atoms with E-state index in [1.807, 2.05) is 21.4 Å². The highest BCUT2D eigenvalue weighted by molar-refractivity contribution is 5.55. The molecule has 2 aromatic heterocycles. The van der Waals surface area contributed by atoms with E-state index in [2.05, 4.69) is 21.7 Å². The zero-order chi connectivity index (χ0) is 17.7. The Balaban J connectivity index is 1.55. The summed E-state index contributed by atoms with van der Waals surface area (Å²) >= 11 is 0. The minimum atomic E-state index is -0.361. The fraction of sp³-hybridized carbons (Fsp3) is 0.579. The number of β-amino-alcohol motifs (C(OH)–C–C–N with tert-alkyl or cyclic N) is 1. The van der Waals surface area contributed by atoms with Crippen molar-refractivity contribution in [1.29, 1.82) is 0 Å². The summed E-state index contributed by atoms with van der Waals surface area (Å²) in [4.78, 5) is 17.8. The third-order valence-electron chi connectivity index (χ3n) is 6.12. The van der Waals surface area contributed by atoms with Crippen LogP contribution in [0.25, 0.3) is 11.4 Å². The Morgan fingerprint density at radius 2 is 2.00 bits per heavy atom. The first-order valence-corrected chi connectivity index (χ1v) is 9.57. The van der Waals surface area contributed by atoms with E-state index < -0.39 is 0 Å². The summed E-state index contributed by atoms with van der Waals surface area (Å²) in [6.45, 7) is 4.14. The molecular weight excluding hydrogens is 330 g/mol. The first-order chi connectivity index (χ1) is 12.7. The standard InChI is InChI=1S/C19H25N5O2/c25-15-6-14(9-21-10-15)23-4-3-22-18(23)16-1-2-17-13-5-12(7-20-8-13)11-24(17)19(16)26/h1-4,12-15,20-21,25H,5-11H2/t12-,13+,14-,15+/m0/s1. The van der Waals surface area contributed by atoms with Gasteiger partial charge in [0, 0.05) is 50.2 Å². The molecule has 3 N–H and O–H groups in total. The summed E-state index contributed by atoms with van der Waals surface area (Å²) < 4.78 is 4.02. The number of imidazole rings is 1. The molecule has 4 atom stereocenters. The Labute approximate surface area is 152 Å². The van der Waals surface area contributed by atoms with Gasteiger partial charge in [-0.05, 0) is 37.4 Å². The molecule has 5 heterocycles. The van der Waals surface area contributed by atoms with Crippen LogP contribution >= 0.6 is 0 Å². The van der Waals surface area contributed by atoms with E-state index in [0.29, 0.717) is 36.2 Å². The first-order valence-electron chi connectivity index (χ1n) is 9.57. The van der Waals surface area contributed by atoms with Crippen LogP contribution in [0.3, 0.4) is 0 Å². The van der Waals surface area contributed by atoms with Crippen LogP contribution in [0.4, 0.5) is 0 Å². The van der Waals surface area contributed by atoms with Crippen molar-refractivity contribution in [2.45, 2.75) is 37.5 Å². The lowest BCUT2D eigenvalue weighted by Gasteiger charge is -2.37. The minimum absolute atomic E-state index is 0.0656. The average molecular weight is 355 g/mol. The molecule has 3 aliphatic heterocycles. The van der Waals surface area contributed by atoms with Gasteiger partial charge in [-0.2, -0.15) is 0 Å². The number of nitrogens with one attached hydrogen (secondary N) is 2. The lowest BCUT2D eigenvalue weighted by atomic mass is 9.84. The highest BCUT2D eigenvalue weighted by Crippen LogP contribution is 2.33. The van der Waals surface area contributed by atoms with Gasteiger partial charge in [-0.15, -0.1) is 0 Å². The fourth-order valence-corrected chi connectivity index (χ4v) is 4.89. The molecule has 7 nitrogen and oxygen atoms in total. The van der Waals surface area contributed by atoms with Gasteiger partial charge in [0.1, 0.15) is 5.82 Å². The molecule has 26 heavy (non-hydrogen) atoms. The average Bonchev–Trinajstić information content (AvgIpc) is 3.12. The minimum Gasteiger partial charge on any atom is -0.392 e. The Morgan fingerprint density at radius 3 is 2.88 bits per heavy atom. The zero-order valence-corrected chi connectivity index (χ0v) is 14.8. The van der Waals surface area contributed by atoms with Crippen LogP contribution in [-0.4, -0.2) is 51.5 Å². The summed E-state index contributed by atoms with van der Waals surface area (Å²) in [5, 5.41) is 16.7. The van der Waals surface area contributed by atoms with Crippen LogP contribution < -0.4 is 16.2 Å². The number of hydrogen-bond acceptors (Lipinski definition) is 5. The molecule has 138 valence electrons. The van der Waals surface area contributed by atoms with E-state index in [1.54, 1.807) is 6.20 Å². The van der Waals surface area contributed by atoms with Crippen LogP contribution in [-0.2, 0) is 6.54 Å². The molecule has 0 unspecified atom stereocenters. The van der Waals surface area contributed by atoms with E-state index in [0.717, 1.165) is 31.9 Å². The number of aromatic nitrogens is 3. The first kappa shape index (κ1) is 16.2. The number of aliphatic hydroxyl groups excluding tert-OH is 1. The van der Waals surface area contributed by atoms with Crippen molar-refractivity contribution in [2.75, 3.05) is 26.2 Å². The van der Waals surface area contributed by atoms with Crippen molar-refractivity contribution in [2.24, 2.45) is 5.92 Å². The van der Waals surface area contributed by atoms with Gasteiger partial charge in [0.15, 0.2) is 0 Å². The normalized spacial score (nSPS) is 30.8. The van der Waals surface area contributed by atoms with Crippen LogP contribution in [0, 0.1) is 5.92 Å². The number of aliphatic hydroxyl groups is 1. The molecule has 0 aliphatic carbocycles. The van der Waals surface area contributed by atoms with Gasteiger partial charge >= 0.3 is 0 Å². The lowest BCUT2D eigenvalue weighted by molar-refractivity contribution is 0.117. The third-order valence-corrected chi connectivity index (χ3v) is 6.12. The van der Waals surface area contributed by atoms with Gasteiger partial charge in [-0.1, -0.05) is 0 Å². The van der Waals surface area contributed by atoms with Gasteiger partial charge in [-0.3, -0.25) is 4.79 Å². The van der Waals surface area contributed by atoms with Crippen molar-refractivity contribution in [3.63, 3.8) is 0 Å². The molecule has 2 fully saturated rings. The quantitative estimate of drug-likeness (QED) is 0.722. The second kappa shape index (κ2) is 6.33. The molecule has 2 aromatic rings. The van der Waals surface area contributed by atoms with Gasteiger partial charge < -0.3 is 24.9 Å². The summed E-state index contributed by atoms with van der Waals surface area (Å²) in [6, 6.07) is 4.16. The molecule has 0 aromatic carbocycles.